The van der Waals surface area contributed by atoms with E-state index in [0.29, 0.717) is 11.5 Å². The smallest absolute Gasteiger partial charge is 0.0191 e. The Hall–Kier alpha value is 0.270. The maximum absolute atomic E-state index is 3.75. The first-order valence-electron chi connectivity index (χ1n) is 7.56. The van der Waals surface area contributed by atoms with Crippen LogP contribution in [0.3, 0.4) is 0 Å². The van der Waals surface area contributed by atoms with E-state index in [1.807, 2.05) is 0 Å². The first-order chi connectivity index (χ1) is 8.54. The fraction of sp³-hybridized carbons (Fsp3) is 1.00. The molecule has 0 bridgehead atoms. The molecular formula is C15H30N2S. The van der Waals surface area contributed by atoms with Crippen molar-refractivity contribution in [2.24, 2.45) is 11.3 Å². The van der Waals surface area contributed by atoms with Gasteiger partial charge in [-0.05, 0) is 49.9 Å². The van der Waals surface area contributed by atoms with Gasteiger partial charge in [0.25, 0.3) is 0 Å². The fourth-order valence-electron chi connectivity index (χ4n) is 3.77. The molecule has 0 aromatic carbocycles. The number of nitrogens with one attached hydrogen (secondary N) is 1. The van der Waals surface area contributed by atoms with E-state index in [1.165, 1.54) is 37.3 Å². The molecule has 18 heavy (non-hydrogen) atoms. The van der Waals surface area contributed by atoms with Gasteiger partial charge in [0, 0.05) is 24.4 Å². The Morgan fingerprint density at radius 1 is 1.33 bits per heavy atom. The summed E-state index contributed by atoms with van der Waals surface area (Å²) in [4.78, 5) is 2.64. The van der Waals surface area contributed by atoms with Crippen LogP contribution in [-0.2, 0) is 0 Å². The molecule has 2 nitrogen and oxygen atoms in total. The number of hydrogen-bond acceptors (Lipinski definition) is 3. The molecule has 3 atom stereocenters. The molecule has 3 heteroatoms. The maximum Gasteiger partial charge on any atom is 0.0191 e. The summed E-state index contributed by atoms with van der Waals surface area (Å²) in [5, 5.41) is 3.75. The fourth-order valence-corrected chi connectivity index (χ4v) is 5.06. The Labute approximate surface area is 117 Å². The normalized spacial score (nSPS) is 35.5. The Bertz CT molecular complexity index is 261. The Balaban J connectivity index is 1.91. The molecular weight excluding hydrogens is 240 g/mol. The van der Waals surface area contributed by atoms with Gasteiger partial charge in [0.15, 0.2) is 0 Å². The van der Waals surface area contributed by atoms with Crippen molar-refractivity contribution in [3.63, 3.8) is 0 Å². The zero-order valence-electron chi connectivity index (χ0n) is 12.5. The van der Waals surface area contributed by atoms with Gasteiger partial charge in [-0.3, -0.25) is 0 Å². The average molecular weight is 270 g/mol. The first kappa shape index (κ1) is 14.7. The molecule has 0 aromatic heterocycles. The number of hydrogen-bond donors (Lipinski definition) is 1. The third-order valence-electron chi connectivity index (χ3n) is 4.95. The van der Waals surface area contributed by atoms with Gasteiger partial charge < -0.3 is 10.2 Å². The first-order valence-corrected chi connectivity index (χ1v) is 8.71. The minimum absolute atomic E-state index is 0.478. The minimum Gasteiger partial charge on any atom is -0.313 e. The van der Waals surface area contributed by atoms with Crippen LogP contribution >= 0.6 is 11.8 Å². The van der Waals surface area contributed by atoms with Crippen LogP contribution in [0.1, 0.15) is 40.0 Å². The van der Waals surface area contributed by atoms with Crippen LogP contribution in [0, 0.1) is 11.3 Å². The van der Waals surface area contributed by atoms with Crippen LogP contribution in [0.2, 0.25) is 0 Å². The molecule has 0 aromatic rings. The molecule has 2 fully saturated rings. The summed E-state index contributed by atoms with van der Waals surface area (Å²) < 4.78 is 0. The number of rotatable bonds is 5. The topological polar surface area (TPSA) is 15.3 Å². The lowest BCUT2D eigenvalue weighted by Gasteiger charge is -2.34. The zero-order valence-corrected chi connectivity index (χ0v) is 13.4. The Morgan fingerprint density at radius 3 is 2.72 bits per heavy atom. The van der Waals surface area contributed by atoms with E-state index in [4.69, 9.17) is 0 Å². The van der Waals surface area contributed by atoms with Crippen LogP contribution < -0.4 is 5.32 Å². The van der Waals surface area contributed by atoms with Gasteiger partial charge in [0.2, 0.25) is 0 Å². The van der Waals surface area contributed by atoms with E-state index < -0.39 is 0 Å². The minimum atomic E-state index is 0.478. The van der Waals surface area contributed by atoms with E-state index in [9.17, 15) is 0 Å². The molecule has 2 aliphatic rings. The SMILES string of the molecule is CCNC1C(CN(C)C2CCSC2)CCC1(C)C. The van der Waals surface area contributed by atoms with Crippen LogP contribution in [0.25, 0.3) is 0 Å². The van der Waals surface area contributed by atoms with Crippen molar-refractivity contribution < 1.29 is 0 Å². The van der Waals surface area contributed by atoms with Crippen molar-refractivity contribution in [1.82, 2.24) is 10.2 Å². The molecule has 1 aliphatic carbocycles. The van der Waals surface area contributed by atoms with E-state index in [0.717, 1.165) is 18.5 Å². The monoisotopic (exact) mass is 270 g/mol. The van der Waals surface area contributed by atoms with Crippen molar-refractivity contribution in [2.45, 2.75) is 52.1 Å². The Morgan fingerprint density at radius 2 is 2.11 bits per heavy atom. The quantitative estimate of drug-likeness (QED) is 0.827. The second-order valence-electron chi connectivity index (χ2n) is 6.78. The largest absolute Gasteiger partial charge is 0.313 e. The van der Waals surface area contributed by atoms with Crippen LogP contribution in [0.15, 0.2) is 0 Å². The lowest BCUT2D eigenvalue weighted by atomic mass is 9.84. The van der Waals surface area contributed by atoms with E-state index in [1.54, 1.807) is 0 Å². The molecule has 1 saturated carbocycles. The van der Waals surface area contributed by atoms with Crippen LogP contribution in [0.4, 0.5) is 0 Å². The van der Waals surface area contributed by atoms with Crippen molar-refractivity contribution in [2.75, 3.05) is 31.6 Å². The summed E-state index contributed by atoms with van der Waals surface area (Å²) in [7, 11) is 2.34. The lowest BCUT2D eigenvalue weighted by molar-refractivity contribution is 0.179. The van der Waals surface area contributed by atoms with Crippen molar-refractivity contribution in [3.8, 4) is 0 Å². The van der Waals surface area contributed by atoms with Crippen LogP contribution in [0.5, 0.6) is 0 Å². The predicted molar refractivity (Wildman–Crippen MR) is 82.3 cm³/mol. The molecule has 106 valence electrons. The van der Waals surface area contributed by atoms with Gasteiger partial charge in [-0.1, -0.05) is 20.8 Å². The standard InChI is InChI=1S/C15H30N2S/c1-5-16-14-12(6-8-15(14,2)3)10-17(4)13-7-9-18-11-13/h12-14,16H,5-11H2,1-4H3. The maximum atomic E-state index is 3.75. The molecule has 0 radical (unpaired) electrons. The molecule has 1 aliphatic heterocycles. The lowest BCUT2D eigenvalue weighted by Crippen LogP contribution is -2.46. The van der Waals surface area contributed by atoms with Crippen LogP contribution in [-0.4, -0.2) is 48.6 Å². The van der Waals surface area contributed by atoms with Gasteiger partial charge in [-0.15, -0.1) is 0 Å². The summed E-state index contributed by atoms with van der Waals surface area (Å²) in [6, 6.07) is 1.54. The Kier molecular flexibility index (Phi) is 5.01. The van der Waals surface area contributed by atoms with E-state index in [-0.39, 0.29) is 0 Å². The van der Waals surface area contributed by atoms with Crippen molar-refractivity contribution in [3.05, 3.63) is 0 Å². The van der Waals surface area contributed by atoms with Crippen molar-refractivity contribution >= 4 is 11.8 Å². The summed E-state index contributed by atoms with van der Waals surface area (Å²) in [6.07, 6.45) is 4.17. The zero-order chi connectivity index (χ0) is 13.2. The van der Waals surface area contributed by atoms with E-state index in [2.05, 4.69) is 49.8 Å². The van der Waals surface area contributed by atoms with Crippen molar-refractivity contribution in [1.29, 1.82) is 0 Å². The highest BCUT2D eigenvalue weighted by atomic mass is 32.2. The highest BCUT2D eigenvalue weighted by molar-refractivity contribution is 7.99. The number of nitrogens with zero attached hydrogens (tertiary/aromatic N) is 1. The molecule has 1 saturated heterocycles. The summed E-state index contributed by atoms with van der Waals surface area (Å²) in [5.41, 5.74) is 0.478. The van der Waals surface area contributed by atoms with Gasteiger partial charge in [0.05, 0.1) is 0 Å². The summed E-state index contributed by atoms with van der Waals surface area (Å²) >= 11 is 2.12. The molecule has 0 spiro atoms. The average Bonchev–Trinajstić information content (AvgIpc) is 2.92. The molecule has 2 rings (SSSR count). The highest BCUT2D eigenvalue weighted by Gasteiger charge is 2.41. The third-order valence-corrected chi connectivity index (χ3v) is 6.09. The number of thioether (sulfide) groups is 1. The highest BCUT2D eigenvalue weighted by Crippen LogP contribution is 2.41. The molecule has 1 N–H and O–H groups in total. The predicted octanol–water partition coefficient (Wildman–Crippen LogP) is 2.84. The van der Waals surface area contributed by atoms with Gasteiger partial charge in [0.1, 0.15) is 0 Å². The second-order valence-corrected chi connectivity index (χ2v) is 7.93. The molecule has 1 heterocycles. The second kappa shape index (κ2) is 6.15. The van der Waals surface area contributed by atoms with Gasteiger partial charge >= 0.3 is 0 Å². The van der Waals surface area contributed by atoms with Gasteiger partial charge in [-0.25, -0.2) is 0 Å². The molecule has 3 unspecified atom stereocenters. The summed E-state index contributed by atoms with van der Waals surface area (Å²) in [5.74, 6) is 3.55. The summed E-state index contributed by atoms with van der Waals surface area (Å²) in [6.45, 7) is 9.50. The molecule has 0 amide bonds. The van der Waals surface area contributed by atoms with Gasteiger partial charge in [-0.2, -0.15) is 11.8 Å². The third kappa shape index (κ3) is 3.23. The van der Waals surface area contributed by atoms with E-state index >= 15 is 0 Å².